The molecule has 1 unspecified atom stereocenters. The van der Waals surface area contributed by atoms with Crippen molar-refractivity contribution in [3.8, 4) is 39.1 Å². The number of nitrogens with zero attached hydrogens (tertiary/aromatic N) is 2. The van der Waals surface area contributed by atoms with Gasteiger partial charge >= 0.3 is 0 Å². The molecule has 0 radical (unpaired) electrons. The molecule has 0 aliphatic heterocycles. The number of para-hydroxylation sites is 1. The summed E-state index contributed by atoms with van der Waals surface area (Å²) in [4.78, 5) is 2.38. The Morgan fingerprint density at radius 3 is 1.89 bits per heavy atom. The molecule has 8 aromatic rings. The van der Waals surface area contributed by atoms with E-state index in [4.69, 9.17) is 0 Å². The zero-order valence-corrected chi connectivity index (χ0v) is 36.1. The molecule has 1 aromatic heterocycles. The molecule has 0 spiro atoms. The zero-order chi connectivity index (χ0) is 43.0. The van der Waals surface area contributed by atoms with Crippen LogP contribution in [0.5, 0.6) is 0 Å². The lowest BCUT2D eigenvalue weighted by Gasteiger charge is -2.32. The number of allylic oxidation sites excluding steroid dienone is 7. The number of hydrogen-bond acceptors (Lipinski definition) is 1. The Morgan fingerprint density at radius 1 is 0.645 bits per heavy atom. The van der Waals surface area contributed by atoms with Gasteiger partial charge in [-0.2, -0.15) is 0 Å². The Kier molecular flexibility index (Phi) is 12.6. The first-order valence-corrected chi connectivity index (χ1v) is 21.6. The molecule has 62 heavy (non-hydrogen) atoms. The first-order valence-electron chi connectivity index (χ1n) is 21.6. The van der Waals surface area contributed by atoms with Crippen molar-refractivity contribution in [3.05, 3.63) is 248 Å². The van der Waals surface area contributed by atoms with E-state index in [1.807, 2.05) is 18.2 Å². The minimum absolute atomic E-state index is 0.0499. The Bertz CT molecular complexity index is 2960. The number of fused-ring (bicyclic) bond motifs is 3. The van der Waals surface area contributed by atoms with E-state index in [1.165, 1.54) is 77.5 Å². The monoisotopic (exact) mass is 802 g/mol. The summed E-state index contributed by atoms with van der Waals surface area (Å²) in [6.45, 7) is 19.7. The van der Waals surface area contributed by atoms with Crippen LogP contribution in [0, 0.1) is 0 Å². The maximum atomic E-state index is 4.21. The third kappa shape index (κ3) is 8.33. The van der Waals surface area contributed by atoms with Crippen molar-refractivity contribution >= 4 is 33.1 Å². The number of anilines is 1. The zero-order valence-electron chi connectivity index (χ0n) is 36.1. The Morgan fingerprint density at radius 2 is 1.27 bits per heavy atom. The van der Waals surface area contributed by atoms with Gasteiger partial charge in [0, 0.05) is 45.7 Å². The molecule has 0 saturated heterocycles. The van der Waals surface area contributed by atoms with Crippen LogP contribution in [0.4, 0.5) is 5.69 Å². The van der Waals surface area contributed by atoms with Gasteiger partial charge in [0.15, 0.2) is 0 Å². The fourth-order valence-corrected chi connectivity index (χ4v) is 8.90. The molecule has 304 valence electrons. The summed E-state index contributed by atoms with van der Waals surface area (Å²) in [7, 11) is 0. The maximum absolute atomic E-state index is 4.21. The molecule has 0 aliphatic rings. The van der Waals surface area contributed by atoms with Crippen LogP contribution in [0.15, 0.2) is 232 Å². The fourth-order valence-electron chi connectivity index (χ4n) is 8.90. The smallest absolute Gasteiger partial charge is 0.0619 e. The molecule has 2 nitrogen and oxygen atoms in total. The van der Waals surface area contributed by atoms with E-state index in [0.717, 1.165) is 23.5 Å². The summed E-state index contributed by atoms with van der Waals surface area (Å²) < 4.78 is 2.47. The van der Waals surface area contributed by atoms with Gasteiger partial charge in [0.1, 0.15) is 0 Å². The Hall–Kier alpha value is -7.42. The van der Waals surface area contributed by atoms with E-state index in [9.17, 15) is 0 Å². The lowest BCUT2D eigenvalue weighted by atomic mass is 9.87. The first-order chi connectivity index (χ1) is 30.4. The molecule has 1 atom stereocenters. The van der Waals surface area contributed by atoms with Crippen LogP contribution in [-0.2, 0) is 6.42 Å². The largest absolute Gasteiger partial charge is 0.337 e. The standard InChI is InChI=1S/C60H54N2/c1-7-23-45-38-54(59(55(39-45)47-28-17-12-18-29-47)61(36-10-4)51(24-8-2)25-9-3)44(6)37-43(5)49-34-35-53-57-41-50(46-26-15-11-16-27-46)40-56(48-30-19-13-20-31-48)60(57)62(58(53)42-49)52-32-21-14-22-33-52/h7-22,24-35,37-42,44H,1-2,4,23,36H2,3,5-6H3/b25-9-,43-37+,51-24+. The quantitative estimate of drug-likeness (QED) is 0.0740. The average molecular weight is 803 g/mol. The molecule has 0 aliphatic carbocycles. The van der Waals surface area contributed by atoms with Gasteiger partial charge in [-0.25, -0.2) is 0 Å². The molecule has 0 fully saturated rings. The summed E-state index contributed by atoms with van der Waals surface area (Å²) in [6, 6.07) is 59.5. The normalized spacial score (nSPS) is 12.5. The summed E-state index contributed by atoms with van der Waals surface area (Å²) in [6.07, 6.45) is 15.4. The summed E-state index contributed by atoms with van der Waals surface area (Å²) in [5, 5.41) is 2.45. The maximum Gasteiger partial charge on any atom is 0.0619 e. The van der Waals surface area contributed by atoms with E-state index in [-0.39, 0.29) is 5.92 Å². The van der Waals surface area contributed by atoms with Crippen LogP contribution in [-0.4, -0.2) is 11.1 Å². The topological polar surface area (TPSA) is 8.17 Å². The van der Waals surface area contributed by atoms with Gasteiger partial charge in [-0.15, -0.1) is 13.2 Å². The average Bonchev–Trinajstić information content (AvgIpc) is 3.65. The minimum Gasteiger partial charge on any atom is -0.337 e. The molecule has 8 rings (SSSR count). The van der Waals surface area contributed by atoms with Crippen molar-refractivity contribution in [1.29, 1.82) is 0 Å². The van der Waals surface area contributed by atoms with Gasteiger partial charge in [0.05, 0.1) is 16.7 Å². The predicted octanol–water partition coefficient (Wildman–Crippen LogP) is 16.4. The van der Waals surface area contributed by atoms with E-state index in [0.29, 0.717) is 6.54 Å². The van der Waals surface area contributed by atoms with Crippen LogP contribution >= 0.6 is 0 Å². The predicted molar refractivity (Wildman–Crippen MR) is 270 cm³/mol. The fraction of sp³-hybridized carbons (Fsp3) is 0.100. The van der Waals surface area contributed by atoms with Gasteiger partial charge in [-0.1, -0.05) is 171 Å². The summed E-state index contributed by atoms with van der Waals surface area (Å²) >= 11 is 0. The second-order valence-electron chi connectivity index (χ2n) is 15.9. The van der Waals surface area contributed by atoms with E-state index in [1.54, 1.807) is 0 Å². The molecular weight excluding hydrogens is 749 g/mol. The van der Waals surface area contributed by atoms with Crippen LogP contribution in [0.2, 0.25) is 0 Å². The van der Waals surface area contributed by atoms with Gasteiger partial charge in [-0.05, 0) is 113 Å². The highest BCUT2D eigenvalue weighted by Gasteiger charge is 2.24. The highest BCUT2D eigenvalue weighted by Crippen LogP contribution is 2.44. The van der Waals surface area contributed by atoms with E-state index in [2.05, 4.69) is 238 Å². The van der Waals surface area contributed by atoms with Gasteiger partial charge in [0.25, 0.3) is 0 Å². The van der Waals surface area contributed by atoms with Gasteiger partial charge in [-0.3, -0.25) is 0 Å². The molecule has 0 bridgehead atoms. The Labute approximate surface area is 368 Å². The second kappa shape index (κ2) is 18.9. The molecule has 2 heteroatoms. The molecule has 0 saturated carbocycles. The highest BCUT2D eigenvalue weighted by molar-refractivity contribution is 6.15. The number of rotatable bonds is 15. The lowest BCUT2D eigenvalue weighted by Crippen LogP contribution is -2.24. The molecule has 1 heterocycles. The molecular formula is C60H54N2. The molecule has 0 N–H and O–H groups in total. The van der Waals surface area contributed by atoms with Crippen LogP contribution in [0.25, 0.3) is 66.4 Å². The first kappa shape index (κ1) is 41.3. The Balaban J connectivity index is 1.35. The van der Waals surface area contributed by atoms with Gasteiger partial charge < -0.3 is 9.47 Å². The number of hydrogen-bond donors (Lipinski definition) is 0. The molecule has 7 aromatic carbocycles. The third-order valence-corrected chi connectivity index (χ3v) is 11.7. The SMILES string of the molecule is C=C/C=C(\C=C/C)N(CC=C)c1c(-c2ccccc2)cc(CC=C)cc1C(C)/C=C(\C)c1ccc2c3cc(-c4ccccc4)cc(-c4ccccc4)c3n(-c3ccccc3)c2c1. The molecule has 0 amide bonds. The van der Waals surface area contributed by atoms with E-state index < -0.39 is 0 Å². The van der Waals surface area contributed by atoms with Crippen LogP contribution in [0.1, 0.15) is 43.4 Å². The number of aromatic nitrogens is 1. The van der Waals surface area contributed by atoms with Crippen molar-refractivity contribution < 1.29 is 0 Å². The third-order valence-electron chi connectivity index (χ3n) is 11.7. The van der Waals surface area contributed by atoms with Crippen molar-refractivity contribution in [3.63, 3.8) is 0 Å². The minimum atomic E-state index is 0.0499. The lowest BCUT2D eigenvalue weighted by molar-refractivity contribution is 0.932. The van der Waals surface area contributed by atoms with Crippen LogP contribution in [0.3, 0.4) is 0 Å². The van der Waals surface area contributed by atoms with Crippen LogP contribution < -0.4 is 4.90 Å². The van der Waals surface area contributed by atoms with E-state index >= 15 is 0 Å². The summed E-state index contributed by atoms with van der Waals surface area (Å²) in [5.41, 5.74) is 17.7. The summed E-state index contributed by atoms with van der Waals surface area (Å²) in [5.74, 6) is 0.0499. The second-order valence-corrected chi connectivity index (χ2v) is 15.9. The van der Waals surface area contributed by atoms with Crippen molar-refractivity contribution in [2.24, 2.45) is 0 Å². The van der Waals surface area contributed by atoms with Crippen molar-refractivity contribution in [2.75, 3.05) is 11.4 Å². The number of benzene rings is 7. The van der Waals surface area contributed by atoms with Gasteiger partial charge in [0.2, 0.25) is 0 Å². The van der Waals surface area contributed by atoms with Crippen molar-refractivity contribution in [2.45, 2.75) is 33.1 Å². The van der Waals surface area contributed by atoms with Crippen molar-refractivity contribution in [1.82, 2.24) is 4.57 Å². The highest BCUT2D eigenvalue weighted by atomic mass is 15.1.